The van der Waals surface area contributed by atoms with Crippen molar-refractivity contribution >= 4 is 11.6 Å². The molecule has 1 saturated heterocycles. The molecular formula is C14H19ClFNO. The molecule has 1 aliphatic rings. The molecule has 4 heteroatoms. The average Bonchev–Trinajstić information content (AvgIpc) is 2.85. The van der Waals surface area contributed by atoms with E-state index in [1.165, 1.54) is 6.07 Å². The van der Waals surface area contributed by atoms with E-state index >= 15 is 0 Å². The average molecular weight is 272 g/mol. The Hall–Kier alpha value is -0.640. The summed E-state index contributed by atoms with van der Waals surface area (Å²) < 4.78 is 19.3. The van der Waals surface area contributed by atoms with Crippen LogP contribution in [0.15, 0.2) is 18.2 Å². The lowest BCUT2D eigenvalue weighted by Gasteiger charge is -2.20. The molecule has 0 radical (unpaired) electrons. The van der Waals surface area contributed by atoms with Crippen molar-refractivity contribution in [1.82, 2.24) is 5.32 Å². The highest BCUT2D eigenvalue weighted by Gasteiger charge is 2.21. The van der Waals surface area contributed by atoms with Gasteiger partial charge in [-0.2, -0.15) is 0 Å². The molecule has 2 rings (SSSR count). The zero-order chi connectivity index (χ0) is 13.0. The Morgan fingerprint density at radius 2 is 2.39 bits per heavy atom. The zero-order valence-electron chi connectivity index (χ0n) is 10.6. The fourth-order valence-electron chi connectivity index (χ4n) is 2.42. The van der Waals surface area contributed by atoms with Crippen molar-refractivity contribution in [3.05, 3.63) is 34.6 Å². The smallest absolute Gasteiger partial charge is 0.127 e. The van der Waals surface area contributed by atoms with Crippen LogP contribution in [0.25, 0.3) is 0 Å². The summed E-state index contributed by atoms with van der Waals surface area (Å²) in [4.78, 5) is 0. The summed E-state index contributed by atoms with van der Waals surface area (Å²) in [6.07, 6.45) is 4.03. The van der Waals surface area contributed by atoms with Crippen LogP contribution in [0.3, 0.4) is 0 Å². The number of nitrogens with one attached hydrogen (secondary N) is 1. The molecule has 0 aromatic heterocycles. The normalized spacial score (nSPS) is 21.2. The highest BCUT2D eigenvalue weighted by molar-refractivity contribution is 6.31. The van der Waals surface area contributed by atoms with Gasteiger partial charge in [0.15, 0.2) is 0 Å². The van der Waals surface area contributed by atoms with Crippen molar-refractivity contribution in [2.45, 2.75) is 37.8 Å². The summed E-state index contributed by atoms with van der Waals surface area (Å²) in [5.41, 5.74) is 0.594. The van der Waals surface area contributed by atoms with Gasteiger partial charge < -0.3 is 10.1 Å². The van der Waals surface area contributed by atoms with Crippen LogP contribution < -0.4 is 5.32 Å². The lowest BCUT2D eigenvalue weighted by molar-refractivity contribution is 0.0953. The van der Waals surface area contributed by atoms with Gasteiger partial charge in [-0.25, -0.2) is 4.39 Å². The molecule has 1 N–H and O–H groups in total. The van der Waals surface area contributed by atoms with Crippen LogP contribution in [0.5, 0.6) is 0 Å². The third kappa shape index (κ3) is 3.44. The van der Waals surface area contributed by atoms with E-state index in [1.807, 2.05) is 7.05 Å². The molecule has 0 saturated carbocycles. The molecule has 0 amide bonds. The summed E-state index contributed by atoms with van der Waals surface area (Å²) in [6, 6.07) is 5.02. The molecule has 0 bridgehead atoms. The summed E-state index contributed by atoms with van der Waals surface area (Å²) in [5.74, 6) is -0.227. The summed E-state index contributed by atoms with van der Waals surface area (Å²) in [7, 11) is 1.90. The monoisotopic (exact) mass is 271 g/mol. The topological polar surface area (TPSA) is 21.3 Å². The first kappa shape index (κ1) is 13.8. The number of benzene rings is 1. The number of hydrogen-bond donors (Lipinski definition) is 1. The minimum atomic E-state index is -0.227. The lowest BCUT2D eigenvalue weighted by Crippen LogP contribution is -2.32. The van der Waals surface area contributed by atoms with Gasteiger partial charge in [0.05, 0.1) is 6.10 Å². The van der Waals surface area contributed by atoms with Crippen LogP contribution >= 0.6 is 11.6 Å². The van der Waals surface area contributed by atoms with Crippen molar-refractivity contribution in [3.63, 3.8) is 0 Å². The molecule has 1 aromatic carbocycles. The molecular weight excluding hydrogens is 253 g/mol. The quantitative estimate of drug-likeness (QED) is 0.888. The summed E-state index contributed by atoms with van der Waals surface area (Å²) >= 11 is 6.05. The fraction of sp³-hybridized carbons (Fsp3) is 0.571. The van der Waals surface area contributed by atoms with Crippen LogP contribution in [0.4, 0.5) is 4.39 Å². The maximum atomic E-state index is 13.7. The standard InChI is InChI=1S/C14H19ClFNO/c1-17-10(8-11-4-3-7-18-11)9-12-13(15)5-2-6-14(12)16/h2,5-6,10-11,17H,3-4,7-9H2,1H3. The first-order valence-electron chi connectivity index (χ1n) is 6.42. The number of likely N-dealkylation sites (N-methyl/N-ethyl adjacent to an activating group) is 1. The molecule has 1 heterocycles. The van der Waals surface area contributed by atoms with Crippen LogP contribution in [0.1, 0.15) is 24.8 Å². The predicted octanol–water partition coefficient (Wildman–Crippen LogP) is 3.18. The molecule has 1 fully saturated rings. The summed E-state index contributed by atoms with van der Waals surface area (Å²) in [5, 5.41) is 3.73. The highest BCUT2D eigenvalue weighted by Crippen LogP contribution is 2.23. The highest BCUT2D eigenvalue weighted by atomic mass is 35.5. The fourth-order valence-corrected chi connectivity index (χ4v) is 2.66. The van der Waals surface area contributed by atoms with Crippen molar-refractivity contribution in [2.24, 2.45) is 0 Å². The number of ether oxygens (including phenoxy) is 1. The Kier molecular flexibility index (Phi) is 4.98. The zero-order valence-corrected chi connectivity index (χ0v) is 11.3. The lowest BCUT2D eigenvalue weighted by atomic mass is 9.99. The Bertz CT molecular complexity index is 373. The molecule has 2 unspecified atom stereocenters. The van der Waals surface area contributed by atoms with Gasteiger partial charge in [-0.05, 0) is 44.9 Å². The van der Waals surface area contributed by atoms with E-state index in [2.05, 4.69) is 5.32 Å². The third-order valence-electron chi connectivity index (χ3n) is 3.49. The minimum absolute atomic E-state index is 0.197. The van der Waals surface area contributed by atoms with Crippen molar-refractivity contribution in [3.8, 4) is 0 Å². The van der Waals surface area contributed by atoms with Gasteiger partial charge in [0, 0.05) is 23.2 Å². The van der Waals surface area contributed by atoms with E-state index in [0.29, 0.717) is 23.1 Å². The van der Waals surface area contributed by atoms with Crippen LogP contribution in [-0.4, -0.2) is 25.8 Å². The Morgan fingerprint density at radius 3 is 3.00 bits per heavy atom. The molecule has 1 aliphatic heterocycles. The molecule has 0 spiro atoms. The Labute approximate surface area is 112 Å². The second kappa shape index (κ2) is 6.50. The second-order valence-electron chi connectivity index (χ2n) is 4.76. The minimum Gasteiger partial charge on any atom is -0.378 e. The van der Waals surface area contributed by atoms with Gasteiger partial charge in [-0.1, -0.05) is 17.7 Å². The van der Waals surface area contributed by atoms with E-state index in [9.17, 15) is 4.39 Å². The molecule has 0 aliphatic carbocycles. The van der Waals surface area contributed by atoms with E-state index in [-0.39, 0.29) is 11.9 Å². The van der Waals surface area contributed by atoms with Gasteiger partial charge in [-0.3, -0.25) is 0 Å². The van der Waals surface area contributed by atoms with Crippen molar-refractivity contribution < 1.29 is 9.13 Å². The van der Waals surface area contributed by atoms with Crippen molar-refractivity contribution in [2.75, 3.05) is 13.7 Å². The van der Waals surface area contributed by atoms with E-state index in [0.717, 1.165) is 25.9 Å². The number of halogens is 2. The maximum Gasteiger partial charge on any atom is 0.127 e. The second-order valence-corrected chi connectivity index (χ2v) is 5.17. The third-order valence-corrected chi connectivity index (χ3v) is 3.85. The van der Waals surface area contributed by atoms with Gasteiger partial charge in [-0.15, -0.1) is 0 Å². The summed E-state index contributed by atoms with van der Waals surface area (Å²) in [6.45, 7) is 0.849. The SMILES string of the molecule is CNC(Cc1c(F)cccc1Cl)CC1CCCO1. The first-order valence-corrected chi connectivity index (χ1v) is 6.80. The van der Waals surface area contributed by atoms with Gasteiger partial charge >= 0.3 is 0 Å². The maximum absolute atomic E-state index is 13.7. The molecule has 100 valence electrons. The van der Waals surface area contributed by atoms with Crippen LogP contribution in [0.2, 0.25) is 5.02 Å². The number of rotatable bonds is 5. The van der Waals surface area contributed by atoms with Gasteiger partial charge in [0.25, 0.3) is 0 Å². The number of hydrogen-bond acceptors (Lipinski definition) is 2. The molecule has 18 heavy (non-hydrogen) atoms. The van der Waals surface area contributed by atoms with E-state index < -0.39 is 0 Å². The molecule has 2 nitrogen and oxygen atoms in total. The van der Waals surface area contributed by atoms with Crippen LogP contribution in [-0.2, 0) is 11.2 Å². The van der Waals surface area contributed by atoms with E-state index in [4.69, 9.17) is 16.3 Å². The molecule has 1 aromatic rings. The first-order chi connectivity index (χ1) is 8.70. The van der Waals surface area contributed by atoms with Crippen molar-refractivity contribution in [1.29, 1.82) is 0 Å². The van der Waals surface area contributed by atoms with Gasteiger partial charge in [0.2, 0.25) is 0 Å². The largest absolute Gasteiger partial charge is 0.378 e. The van der Waals surface area contributed by atoms with E-state index in [1.54, 1.807) is 12.1 Å². The molecule has 2 atom stereocenters. The van der Waals surface area contributed by atoms with Crippen LogP contribution in [0, 0.1) is 5.82 Å². The Morgan fingerprint density at radius 1 is 1.56 bits per heavy atom. The Balaban J connectivity index is 2.00. The predicted molar refractivity (Wildman–Crippen MR) is 71.6 cm³/mol. The van der Waals surface area contributed by atoms with Gasteiger partial charge in [0.1, 0.15) is 5.82 Å².